The Hall–Kier alpha value is -1.69. The highest BCUT2D eigenvalue weighted by atomic mass is 19.1. The summed E-state index contributed by atoms with van der Waals surface area (Å²) in [5, 5.41) is 8.15. The number of allylic oxidation sites excluding steroid dienone is 1. The fourth-order valence-electron chi connectivity index (χ4n) is 0.655. The number of halogens is 1. The molecule has 3 heteroatoms. The summed E-state index contributed by atoms with van der Waals surface area (Å²) in [5.74, 6) is -0.537. The summed E-state index contributed by atoms with van der Waals surface area (Å²) in [6, 6.07) is 4.69. The fourth-order valence-corrected chi connectivity index (χ4v) is 0.655. The summed E-state index contributed by atoms with van der Waals surface area (Å²) in [6.07, 6.45) is 4.16. The predicted molar refractivity (Wildman–Crippen MR) is 38.8 cm³/mol. The second kappa shape index (κ2) is 3.47. The first kappa shape index (κ1) is 7.42. The molecule has 0 amide bonds. The molecule has 2 nitrogen and oxygen atoms in total. The smallest absolute Gasteiger partial charge is 0.213 e. The minimum Gasteiger partial charge on any atom is -0.228 e. The number of nitrogens with zero attached hydrogens (tertiary/aromatic N) is 2. The summed E-state index contributed by atoms with van der Waals surface area (Å²) in [5.41, 5.74) is 0.638. The van der Waals surface area contributed by atoms with Crippen LogP contribution >= 0.6 is 0 Å². The van der Waals surface area contributed by atoms with Gasteiger partial charge in [-0.15, -0.1) is 0 Å². The van der Waals surface area contributed by atoms with E-state index in [1.807, 2.05) is 6.07 Å². The van der Waals surface area contributed by atoms with Gasteiger partial charge in [0.05, 0.1) is 6.07 Å². The molecule has 0 unspecified atom stereocenters. The zero-order valence-electron chi connectivity index (χ0n) is 5.66. The van der Waals surface area contributed by atoms with Crippen molar-refractivity contribution in [2.45, 2.75) is 0 Å². The van der Waals surface area contributed by atoms with E-state index in [0.717, 1.165) is 0 Å². The Morgan fingerprint density at radius 1 is 1.64 bits per heavy atom. The van der Waals surface area contributed by atoms with Gasteiger partial charge in [0.2, 0.25) is 5.95 Å². The van der Waals surface area contributed by atoms with Gasteiger partial charge in [0.1, 0.15) is 0 Å². The summed E-state index contributed by atoms with van der Waals surface area (Å²) >= 11 is 0. The standard InChI is InChI=1S/C8H5FN2/c9-8-6-7(2-1-4-10)3-5-11-8/h1-3,5-6H/b2-1-. The lowest BCUT2D eigenvalue weighted by atomic mass is 10.2. The van der Waals surface area contributed by atoms with E-state index in [-0.39, 0.29) is 0 Å². The van der Waals surface area contributed by atoms with E-state index in [1.54, 1.807) is 6.07 Å². The van der Waals surface area contributed by atoms with Gasteiger partial charge >= 0.3 is 0 Å². The number of aromatic nitrogens is 1. The highest BCUT2D eigenvalue weighted by Gasteiger charge is 1.89. The number of hydrogen-bond acceptors (Lipinski definition) is 2. The molecule has 0 atom stereocenters. The lowest BCUT2D eigenvalue weighted by Gasteiger charge is -1.89. The van der Waals surface area contributed by atoms with Crippen molar-refractivity contribution in [3.63, 3.8) is 0 Å². The van der Waals surface area contributed by atoms with Crippen molar-refractivity contribution in [3.05, 3.63) is 35.9 Å². The van der Waals surface area contributed by atoms with Gasteiger partial charge in [-0.25, -0.2) is 4.98 Å². The maximum absolute atomic E-state index is 12.4. The average molecular weight is 148 g/mol. The monoisotopic (exact) mass is 148 g/mol. The van der Waals surface area contributed by atoms with E-state index in [1.165, 1.54) is 24.4 Å². The van der Waals surface area contributed by atoms with Crippen LogP contribution in [0.2, 0.25) is 0 Å². The van der Waals surface area contributed by atoms with Crippen LogP contribution in [0.4, 0.5) is 4.39 Å². The molecule has 1 heterocycles. The highest BCUT2D eigenvalue weighted by molar-refractivity contribution is 5.50. The molecule has 0 spiro atoms. The molecule has 54 valence electrons. The van der Waals surface area contributed by atoms with Gasteiger partial charge in [0.25, 0.3) is 0 Å². The van der Waals surface area contributed by atoms with Gasteiger partial charge in [-0.2, -0.15) is 9.65 Å². The summed E-state index contributed by atoms with van der Waals surface area (Å²) < 4.78 is 12.4. The maximum atomic E-state index is 12.4. The SMILES string of the molecule is N#C/C=C\c1ccnc(F)c1. The Morgan fingerprint density at radius 2 is 2.45 bits per heavy atom. The molecule has 11 heavy (non-hydrogen) atoms. The molecular weight excluding hydrogens is 143 g/mol. The van der Waals surface area contributed by atoms with E-state index >= 15 is 0 Å². The van der Waals surface area contributed by atoms with Gasteiger partial charge in [0, 0.05) is 18.3 Å². The van der Waals surface area contributed by atoms with E-state index in [2.05, 4.69) is 4.98 Å². The molecule has 0 saturated carbocycles. The Labute approximate surface area is 63.6 Å². The minimum absolute atomic E-state index is 0.537. The normalized spacial score (nSPS) is 9.82. The molecule has 0 aliphatic carbocycles. The predicted octanol–water partition coefficient (Wildman–Crippen LogP) is 1.76. The maximum Gasteiger partial charge on any atom is 0.213 e. The van der Waals surface area contributed by atoms with Gasteiger partial charge in [-0.3, -0.25) is 0 Å². The molecule has 0 saturated heterocycles. The first-order valence-corrected chi connectivity index (χ1v) is 3.00. The van der Waals surface area contributed by atoms with Crippen molar-refractivity contribution in [1.82, 2.24) is 4.98 Å². The molecule has 0 radical (unpaired) electrons. The third-order valence-corrected chi connectivity index (χ3v) is 1.10. The molecule has 0 aromatic carbocycles. The first-order chi connectivity index (χ1) is 5.33. The van der Waals surface area contributed by atoms with E-state index in [0.29, 0.717) is 5.56 Å². The van der Waals surface area contributed by atoms with E-state index in [9.17, 15) is 4.39 Å². The van der Waals surface area contributed by atoms with Gasteiger partial charge in [-0.05, 0) is 17.7 Å². The van der Waals surface area contributed by atoms with Crippen LogP contribution in [0.15, 0.2) is 24.4 Å². The van der Waals surface area contributed by atoms with Crippen LogP contribution in [-0.2, 0) is 0 Å². The molecule has 1 aromatic rings. The van der Waals surface area contributed by atoms with Crippen LogP contribution < -0.4 is 0 Å². The van der Waals surface area contributed by atoms with Gasteiger partial charge < -0.3 is 0 Å². The zero-order chi connectivity index (χ0) is 8.10. The minimum atomic E-state index is -0.537. The molecule has 0 aliphatic heterocycles. The Morgan fingerprint density at radius 3 is 3.09 bits per heavy atom. The lowest BCUT2D eigenvalue weighted by molar-refractivity contribution is 0.583. The van der Waals surface area contributed by atoms with Crippen molar-refractivity contribution in [2.24, 2.45) is 0 Å². The molecular formula is C8H5FN2. The summed E-state index contributed by atoms with van der Waals surface area (Å²) in [6.45, 7) is 0. The molecule has 0 N–H and O–H groups in total. The Bertz CT molecular complexity index is 312. The third kappa shape index (κ3) is 2.18. The second-order valence-corrected chi connectivity index (χ2v) is 1.87. The molecule has 1 rings (SSSR count). The number of pyridine rings is 1. The zero-order valence-corrected chi connectivity index (χ0v) is 5.66. The quantitative estimate of drug-likeness (QED) is 0.449. The van der Waals surface area contributed by atoms with Crippen molar-refractivity contribution in [2.75, 3.05) is 0 Å². The van der Waals surface area contributed by atoms with Crippen LogP contribution in [0.3, 0.4) is 0 Å². The van der Waals surface area contributed by atoms with Crippen molar-refractivity contribution < 1.29 is 4.39 Å². The fraction of sp³-hybridized carbons (Fsp3) is 0. The Kier molecular flexibility index (Phi) is 2.34. The second-order valence-electron chi connectivity index (χ2n) is 1.87. The lowest BCUT2D eigenvalue weighted by Crippen LogP contribution is -1.80. The average Bonchev–Trinajstić information content (AvgIpc) is 2.01. The molecule has 0 bridgehead atoms. The first-order valence-electron chi connectivity index (χ1n) is 3.00. The molecule has 0 aliphatic rings. The van der Waals surface area contributed by atoms with E-state index < -0.39 is 5.95 Å². The van der Waals surface area contributed by atoms with Crippen molar-refractivity contribution >= 4 is 6.08 Å². The van der Waals surface area contributed by atoms with Crippen LogP contribution in [0, 0.1) is 17.3 Å². The largest absolute Gasteiger partial charge is 0.228 e. The summed E-state index contributed by atoms with van der Waals surface area (Å²) in [4.78, 5) is 3.36. The number of hydrogen-bond donors (Lipinski definition) is 0. The molecule has 1 aromatic heterocycles. The van der Waals surface area contributed by atoms with E-state index in [4.69, 9.17) is 5.26 Å². The molecule has 0 fully saturated rings. The van der Waals surface area contributed by atoms with Gasteiger partial charge in [-0.1, -0.05) is 0 Å². The third-order valence-electron chi connectivity index (χ3n) is 1.10. The summed E-state index contributed by atoms with van der Waals surface area (Å²) in [7, 11) is 0. The number of rotatable bonds is 1. The number of nitriles is 1. The van der Waals surface area contributed by atoms with Crippen molar-refractivity contribution in [1.29, 1.82) is 5.26 Å². The topological polar surface area (TPSA) is 36.7 Å². The van der Waals surface area contributed by atoms with Crippen LogP contribution in [0.5, 0.6) is 0 Å². The van der Waals surface area contributed by atoms with Crippen LogP contribution in [-0.4, -0.2) is 4.98 Å². The Balaban J connectivity index is 2.90. The highest BCUT2D eigenvalue weighted by Crippen LogP contribution is 2.01. The van der Waals surface area contributed by atoms with Crippen molar-refractivity contribution in [3.8, 4) is 6.07 Å². The van der Waals surface area contributed by atoms with Crippen LogP contribution in [0.25, 0.3) is 6.08 Å². The van der Waals surface area contributed by atoms with Crippen LogP contribution in [0.1, 0.15) is 5.56 Å². The van der Waals surface area contributed by atoms with Gasteiger partial charge in [0.15, 0.2) is 0 Å².